The quantitative estimate of drug-likeness (QED) is 0.602. The van der Waals surface area contributed by atoms with Crippen LogP contribution in [0.25, 0.3) is 0 Å². The number of rotatable bonds is 5. The maximum absolute atomic E-state index is 12.2. The van der Waals surface area contributed by atoms with E-state index < -0.39 is 0 Å². The smallest absolute Gasteiger partial charge is 0.263 e. The van der Waals surface area contributed by atoms with Crippen molar-refractivity contribution in [2.75, 3.05) is 27.2 Å². The number of nitrogens with zero attached hydrogens (tertiary/aromatic N) is 2. The molecule has 5 nitrogen and oxygen atoms in total. The van der Waals surface area contributed by atoms with Gasteiger partial charge in [-0.1, -0.05) is 30.3 Å². The molecule has 108 valence electrons. The summed E-state index contributed by atoms with van der Waals surface area (Å²) in [5, 5.41) is 1.23. The number of carbonyl (C=O) groups is 2. The first kappa shape index (κ1) is 14.7. The lowest BCUT2D eigenvalue weighted by atomic mass is 10.1. The van der Waals surface area contributed by atoms with Crippen LogP contribution in [0.1, 0.15) is 23.2 Å². The van der Waals surface area contributed by atoms with E-state index in [1.807, 2.05) is 23.1 Å². The molecule has 1 aliphatic rings. The summed E-state index contributed by atoms with van der Waals surface area (Å²) >= 11 is 0. The zero-order valence-corrected chi connectivity index (χ0v) is 11.9. The highest BCUT2D eigenvalue weighted by Gasteiger charge is 2.33. The molecule has 1 fully saturated rings. The highest BCUT2D eigenvalue weighted by Crippen LogP contribution is 2.19. The molecule has 0 aromatic heterocycles. The summed E-state index contributed by atoms with van der Waals surface area (Å²) in [6.07, 6.45) is 1.70. The number of likely N-dealkylation sites (N-methyl/N-ethyl adjacent to an activating group) is 1. The molecular formula is C15H20N2O3. The molecule has 2 rings (SSSR count). The maximum Gasteiger partial charge on any atom is 0.263 e. The van der Waals surface area contributed by atoms with Crippen molar-refractivity contribution in [2.24, 2.45) is 0 Å². The van der Waals surface area contributed by atoms with E-state index >= 15 is 0 Å². The van der Waals surface area contributed by atoms with Crippen molar-refractivity contribution in [3.63, 3.8) is 0 Å². The van der Waals surface area contributed by atoms with E-state index in [2.05, 4.69) is 0 Å². The van der Waals surface area contributed by atoms with Crippen molar-refractivity contribution in [1.29, 1.82) is 0 Å². The van der Waals surface area contributed by atoms with Crippen LogP contribution >= 0.6 is 0 Å². The molecule has 0 aliphatic carbocycles. The first-order valence-corrected chi connectivity index (χ1v) is 6.77. The molecule has 1 amide bonds. The third kappa shape index (κ3) is 3.23. The second-order valence-corrected chi connectivity index (χ2v) is 4.94. The van der Waals surface area contributed by atoms with Crippen molar-refractivity contribution >= 4 is 11.7 Å². The molecule has 1 aromatic rings. The van der Waals surface area contributed by atoms with Crippen molar-refractivity contribution < 1.29 is 14.4 Å². The van der Waals surface area contributed by atoms with Crippen molar-refractivity contribution in [3.8, 4) is 0 Å². The Balaban J connectivity index is 2.01. The molecule has 0 N–H and O–H groups in total. The predicted molar refractivity (Wildman–Crippen MR) is 75.1 cm³/mol. The molecule has 1 saturated heterocycles. The molecule has 0 saturated carbocycles. The predicted octanol–water partition coefficient (Wildman–Crippen LogP) is 1.35. The molecular weight excluding hydrogens is 256 g/mol. The highest BCUT2D eigenvalue weighted by atomic mass is 16.7. The first-order valence-electron chi connectivity index (χ1n) is 6.77. The molecule has 1 atom stereocenters. The normalized spacial score (nSPS) is 19.0. The summed E-state index contributed by atoms with van der Waals surface area (Å²) in [4.78, 5) is 31.2. The highest BCUT2D eigenvalue weighted by molar-refractivity contribution is 5.98. The van der Waals surface area contributed by atoms with Gasteiger partial charge in [0.05, 0.1) is 19.7 Å². The second-order valence-electron chi connectivity index (χ2n) is 4.94. The summed E-state index contributed by atoms with van der Waals surface area (Å²) < 4.78 is 0. The Morgan fingerprint density at radius 3 is 2.70 bits per heavy atom. The van der Waals surface area contributed by atoms with Crippen molar-refractivity contribution in [1.82, 2.24) is 9.96 Å². The number of hydroxylamine groups is 2. The monoisotopic (exact) mass is 276 g/mol. The Hall–Kier alpha value is -1.72. The van der Waals surface area contributed by atoms with E-state index in [0.29, 0.717) is 5.56 Å². The van der Waals surface area contributed by atoms with Gasteiger partial charge in [-0.3, -0.25) is 19.3 Å². The number of amides is 1. The Bertz CT molecular complexity index is 475. The van der Waals surface area contributed by atoms with E-state index in [9.17, 15) is 9.59 Å². The number of ketones is 1. The first-order chi connectivity index (χ1) is 9.63. The summed E-state index contributed by atoms with van der Waals surface area (Å²) in [5.41, 5.74) is 0.686. The van der Waals surface area contributed by atoms with Crippen LogP contribution in [-0.4, -0.2) is 54.9 Å². The summed E-state index contributed by atoms with van der Waals surface area (Å²) in [6.45, 7) is 1.05. The molecule has 0 spiro atoms. The Morgan fingerprint density at radius 1 is 1.35 bits per heavy atom. The molecule has 20 heavy (non-hydrogen) atoms. The summed E-state index contributed by atoms with van der Waals surface area (Å²) in [6, 6.07) is 8.92. The second kappa shape index (κ2) is 6.63. The van der Waals surface area contributed by atoms with Crippen LogP contribution in [0, 0.1) is 0 Å². The lowest BCUT2D eigenvalue weighted by Gasteiger charge is -2.26. The van der Waals surface area contributed by atoms with Crippen LogP contribution in [0.4, 0.5) is 0 Å². The number of Topliss-reactive ketones (excluding diaryl/α,β-unsaturated/α-hetero) is 1. The standard InChI is InChI=1S/C15H20N2O3/c1-16(20-2)15(19)13-9-6-10-17(13)11-14(18)12-7-4-3-5-8-12/h3-5,7-8,13H,6,9-11H2,1-2H3. The lowest BCUT2D eigenvalue weighted by molar-refractivity contribution is -0.173. The fourth-order valence-electron chi connectivity index (χ4n) is 2.49. The van der Waals surface area contributed by atoms with Gasteiger partial charge in [0.25, 0.3) is 5.91 Å². The van der Waals surface area contributed by atoms with E-state index in [0.717, 1.165) is 19.4 Å². The third-order valence-corrected chi connectivity index (χ3v) is 3.68. The van der Waals surface area contributed by atoms with Crippen molar-refractivity contribution in [3.05, 3.63) is 35.9 Å². The van der Waals surface area contributed by atoms with Gasteiger partial charge in [0.1, 0.15) is 0 Å². The van der Waals surface area contributed by atoms with E-state index in [-0.39, 0.29) is 24.3 Å². The SMILES string of the molecule is CON(C)C(=O)C1CCCN1CC(=O)c1ccccc1. The molecule has 5 heteroatoms. The summed E-state index contributed by atoms with van der Waals surface area (Å²) in [5.74, 6) is -0.0452. The number of hydrogen-bond acceptors (Lipinski definition) is 4. The Labute approximate surface area is 119 Å². The number of hydrogen-bond donors (Lipinski definition) is 0. The minimum absolute atomic E-state index is 0.0466. The van der Waals surface area contributed by atoms with Gasteiger partial charge in [-0.25, -0.2) is 5.06 Å². The summed E-state index contributed by atoms with van der Waals surface area (Å²) in [7, 11) is 3.06. The van der Waals surface area contributed by atoms with Gasteiger partial charge in [0.2, 0.25) is 0 Å². The van der Waals surface area contributed by atoms with Crippen LogP contribution in [-0.2, 0) is 9.63 Å². The molecule has 1 aromatic carbocycles. The average molecular weight is 276 g/mol. The van der Waals surface area contributed by atoms with Gasteiger partial charge < -0.3 is 0 Å². The molecule has 0 radical (unpaired) electrons. The van der Waals surface area contributed by atoms with Crippen LogP contribution in [0.3, 0.4) is 0 Å². The minimum Gasteiger partial charge on any atom is -0.293 e. The molecule has 1 heterocycles. The Morgan fingerprint density at radius 2 is 2.05 bits per heavy atom. The van der Waals surface area contributed by atoms with Crippen LogP contribution in [0.2, 0.25) is 0 Å². The van der Waals surface area contributed by atoms with Crippen LogP contribution in [0.15, 0.2) is 30.3 Å². The maximum atomic E-state index is 12.2. The van der Waals surface area contributed by atoms with Gasteiger partial charge in [0.15, 0.2) is 5.78 Å². The topological polar surface area (TPSA) is 49.9 Å². The largest absolute Gasteiger partial charge is 0.293 e. The van der Waals surface area contributed by atoms with Crippen molar-refractivity contribution in [2.45, 2.75) is 18.9 Å². The van der Waals surface area contributed by atoms with Gasteiger partial charge in [0, 0.05) is 12.6 Å². The zero-order valence-electron chi connectivity index (χ0n) is 11.9. The molecule has 0 bridgehead atoms. The van der Waals surface area contributed by atoms with Crippen LogP contribution < -0.4 is 0 Å². The van der Waals surface area contributed by atoms with Gasteiger partial charge >= 0.3 is 0 Å². The molecule has 1 aliphatic heterocycles. The lowest BCUT2D eigenvalue weighted by Crippen LogP contribution is -2.45. The fraction of sp³-hybridized carbons (Fsp3) is 0.467. The van der Waals surface area contributed by atoms with E-state index in [1.165, 1.54) is 12.2 Å². The van der Waals surface area contributed by atoms with Gasteiger partial charge in [-0.2, -0.15) is 0 Å². The third-order valence-electron chi connectivity index (χ3n) is 3.68. The number of carbonyl (C=O) groups excluding carboxylic acids is 2. The Kier molecular flexibility index (Phi) is 4.87. The fourth-order valence-corrected chi connectivity index (χ4v) is 2.49. The van der Waals surface area contributed by atoms with E-state index in [1.54, 1.807) is 19.2 Å². The average Bonchev–Trinajstić information content (AvgIpc) is 2.94. The number of likely N-dealkylation sites (tertiary alicyclic amines) is 1. The minimum atomic E-state index is -0.257. The van der Waals surface area contributed by atoms with Crippen LogP contribution in [0.5, 0.6) is 0 Å². The van der Waals surface area contributed by atoms with Gasteiger partial charge in [-0.15, -0.1) is 0 Å². The zero-order chi connectivity index (χ0) is 14.5. The molecule has 1 unspecified atom stereocenters. The van der Waals surface area contributed by atoms with Gasteiger partial charge in [-0.05, 0) is 19.4 Å². The van der Waals surface area contributed by atoms with E-state index in [4.69, 9.17) is 4.84 Å². The number of benzene rings is 1.